The molecule has 0 radical (unpaired) electrons. The van der Waals surface area contributed by atoms with Gasteiger partial charge in [0.15, 0.2) is 0 Å². The molecule has 9 heteroatoms. The van der Waals surface area contributed by atoms with Crippen LogP contribution in [-0.4, -0.2) is 69.2 Å². The number of likely N-dealkylation sites (N-methyl/N-ethyl adjacent to an activating group) is 1. The molecule has 0 saturated carbocycles. The van der Waals surface area contributed by atoms with Crippen molar-refractivity contribution in [2.45, 2.75) is 19.1 Å². The first-order valence-corrected chi connectivity index (χ1v) is 10.0. The monoisotopic (exact) mass is 384 g/mol. The van der Waals surface area contributed by atoms with E-state index < -0.39 is 34.0 Å². The average Bonchev–Trinajstić information content (AvgIpc) is 2.64. The lowest BCUT2D eigenvalue weighted by molar-refractivity contribution is -0.147. The Hall–Kier alpha value is -2.13. The number of carbonyl (C=O) groups is 2. The molecule has 1 aliphatic rings. The summed E-state index contributed by atoms with van der Waals surface area (Å²) >= 11 is 0. The molecule has 8 nitrogen and oxygen atoms in total. The molecule has 0 spiro atoms. The average molecular weight is 384 g/mol. The van der Waals surface area contributed by atoms with Crippen molar-refractivity contribution in [3.05, 3.63) is 35.9 Å². The minimum Gasteiger partial charge on any atom is -0.469 e. The van der Waals surface area contributed by atoms with Crippen LogP contribution in [0.1, 0.15) is 12.0 Å². The molecule has 1 aliphatic heterocycles. The number of hydrogen-bond donors (Lipinski definition) is 0. The van der Waals surface area contributed by atoms with E-state index in [0.717, 1.165) is 11.8 Å². The molecular weight excluding hydrogens is 360 g/mol. The molecule has 1 saturated heterocycles. The minimum atomic E-state index is -3.46. The maximum absolute atomic E-state index is 12.4. The van der Waals surface area contributed by atoms with E-state index in [0.29, 0.717) is 6.42 Å². The Kier molecular flexibility index (Phi) is 6.60. The van der Waals surface area contributed by atoms with E-state index in [1.54, 1.807) is 0 Å². The van der Waals surface area contributed by atoms with Crippen LogP contribution in [0.25, 0.3) is 0 Å². The largest absolute Gasteiger partial charge is 0.469 e. The van der Waals surface area contributed by atoms with Crippen LogP contribution in [0.5, 0.6) is 0 Å². The molecule has 1 aromatic carbocycles. The Morgan fingerprint density at radius 1 is 1.23 bits per heavy atom. The van der Waals surface area contributed by atoms with Gasteiger partial charge in [-0.05, 0) is 12.0 Å². The summed E-state index contributed by atoms with van der Waals surface area (Å²) in [5.41, 5.74) is 0.840. The van der Waals surface area contributed by atoms with Crippen LogP contribution < -0.4 is 0 Å². The second-order valence-corrected chi connectivity index (χ2v) is 8.38. The summed E-state index contributed by atoms with van der Waals surface area (Å²) in [4.78, 5) is 25.8. The number of ether oxygens (including phenoxy) is 2. The quantitative estimate of drug-likeness (QED) is 0.705. The molecule has 2 unspecified atom stereocenters. The lowest BCUT2D eigenvalue weighted by atomic mass is 9.94. The zero-order chi connectivity index (χ0) is 19.3. The third-order valence-electron chi connectivity index (χ3n) is 4.46. The van der Waals surface area contributed by atoms with Crippen LogP contribution in [0.3, 0.4) is 0 Å². The Labute approximate surface area is 153 Å². The number of carbonyl (C=O) groups excluding carboxylic acids is 2. The highest BCUT2D eigenvalue weighted by Gasteiger charge is 2.38. The first-order valence-electron chi connectivity index (χ1n) is 8.18. The third kappa shape index (κ3) is 5.18. The molecule has 0 aromatic heterocycles. The van der Waals surface area contributed by atoms with Crippen LogP contribution >= 0.6 is 0 Å². The number of amides is 1. The number of hydrogen-bond acceptors (Lipinski definition) is 6. The number of piperidine rings is 1. The lowest BCUT2D eigenvalue weighted by Gasteiger charge is -2.39. The van der Waals surface area contributed by atoms with Crippen molar-refractivity contribution in [1.82, 2.24) is 9.21 Å². The van der Waals surface area contributed by atoms with Crippen LogP contribution in [-0.2, 0) is 30.9 Å². The van der Waals surface area contributed by atoms with Gasteiger partial charge in [-0.25, -0.2) is 17.5 Å². The van der Waals surface area contributed by atoms with Gasteiger partial charge in [-0.2, -0.15) is 0 Å². The summed E-state index contributed by atoms with van der Waals surface area (Å²) in [6.07, 6.45) is 0.792. The van der Waals surface area contributed by atoms with Crippen molar-refractivity contribution in [2.75, 3.05) is 33.5 Å². The van der Waals surface area contributed by atoms with E-state index in [1.165, 1.54) is 23.4 Å². The molecule has 0 N–H and O–H groups in total. The Bertz CT molecular complexity index is 737. The predicted octanol–water partition coefficient (Wildman–Crippen LogP) is 1.08. The summed E-state index contributed by atoms with van der Waals surface area (Å²) < 4.78 is 34.9. The smallest absolute Gasteiger partial charge is 0.410 e. The van der Waals surface area contributed by atoms with E-state index in [-0.39, 0.29) is 19.7 Å². The van der Waals surface area contributed by atoms with E-state index in [1.807, 2.05) is 30.3 Å². The van der Waals surface area contributed by atoms with Crippen molar-refractivity contribution < 1.29 is 27.5 Å². The molecule has 1 fully saturated rings. The van der Waals surface area contributed by atoms with Crippen LogP contribution in [0.2, 0.25) is 0 Å². The van der Waals surface area contributed by atoms with Crippen LogP contribution in [0.4, 0.5) is 4.79 Å². The summed E-state index contributed by atoms with van der Waals surface area (Å²) in [6.45, 7) is 0.394. The first kappa shape index (κ1) is 20.2. The molecule has 0 bridgehead atoms. The van der Waals surface area contributed by atoms with Crippen molar-refractivity contribution in [3.8, 4) is 0 Å². The summed E-state index contributed by atoms with van der Waals surface area (Å²) in [5, 5.41) is 0. The Balaban J connectivity index is 2.09. The van der Waals surface area contributed by atoms with Gasteiger partial charge < -0.3 is 14.4 Å². The van der Waals surface area contributed by atoms with E-state index in [4.69, 9.17) is 9.47 Å². The van der Waals surface area contributed by atoms with Gasteiger partial charge in [0.2, 0.25) is 10.0 Å². The highest BCUT2D eigenvalue weighted by molar-refractivity contribution is 7.88. The number of likely N-dealkylation sites (tertiary alicyclic amines) is 1. The zero-order valence-corrected chi connectivity index (χ0v) is 15.9. The number of sulfonamides is 1. The van der Waals surface area contributed by atoms with Crippen molar-refractivity contribution in [1.29, 1.82) is 0 Å². The molecule has 144 valence electrons. The topological polar surface area (TPSA) is 93.2 Å². The number of methoxy groups -OCH3 is 1. The lowest BCUT2D eigenvalue weighted by Crippen LogP contribution is -2.54. The van der Waals surface area contributed by atoms with Gasteiger partial charge in [-0.3, -0.25) is 4.79 Å². The molecule has 2 rings (SSSR count). The number of nitrogens with zero attached hydrogens (tertiary/aromatic N) is 2. The predicted molar refractivity (Wildman–Crippen MR) is 94.7 cm³/mol. The minimum absolute atomic E-state index is 0.103. The van der Waals surface area contributed by atoms with Gasteiger partial charge >= 0.3 is 12.1 Å². The Morgan fingerprint density at radius 2 is 1.88 bits per heavy atom. The van der Waals surface area contributed by atoms with Crippen molar-refractivity contribution >= 4 is 22.1 Å². The highest BCUT2D eigenvalue weighted by atomic mass is 32.2. The van der Waals surface area contributed by atoms with Crippen molar-refractivity contribution in [3.63, 3.8) is 0 Å². The molecule has 1 amide bonds. The maximum atomic E-state index is 12.4. The summed E-state index contributed by atoms with van der Waals surface area (Å²) in [5.74, 6) is -1.08. The summed E-state index contributed by atoms with van der Waals surface area (Å²) in [6, 6.07) is 8.69. The molecule has 1 heterocycles. The fourth-order valence-corrected chi connectivity index (χ4v) is 3.60. The standard InChI is InChI=1S/C17H24N2O6S/c1-18(26(3,22)23)15-9-14(16(20)24-2)10-19(11-15)17(21)25-12-13-7-5-4-6-8-13/h4-8,14-15H,9-12H2,1-3H3. The second-order valence-electron chi connectivity index (χ2n) is 6.33. The Morgan fingerprint density at radius 3 is 2.46 bits per heavy atom. The second kappa shape index (κ2) is 8.50. The van der Waals surface area contributed by atoms with Gasteiger partial charge in [0, 0.05) is 26.2 Å². The number of esters is 1. The van der Waals surface area contributed by atoms with Gasteiger partial charge in [-0.1, -0.05) is 30.3 Å². The fourth-order valence-electron chi connectivity index (χ4n) is 2.90. The number of benzene rings is 1. The van der Waals surface area contributed by atoms with Gasteiger partial charge in [-0.15, -0.1) is 0 Å². The summed E-state index contributed by atoms with van der Waals surface area (Å²) in [7, 11) is -0.754. The van der Waals surface area contributed by atoms with E-state index in [2.05, 4.69) is 0 Å². The van der Waals surface area contributed by atoms with Gasteiger partial charge in [0.1, 0.15) is 6.61 Å². The molecule has 2 atom stereocenters. The van der Waals surface area contributed by atoms with E-state index >= 15 is 0 Å². The third-order valence-corrected chi connectivity index (χ3v) is 5.81. The number of rotatable bonds is 5. The molecule has 26 heavy (non-hydrogen) atoms. The fraction of sp³-hybridized carbons (Fsp3) is 0.529. The molecule has 0 aliphatic carbocycles. The highest BCUT2D eigenvalue weighted by Crippen LogP contribution is 2.23. The first-order chi connectivity index (χ1) is 12.2. The van der Waals surface area contributed by atoms with Gasteiger partial charge in [0.05, 0.1) is 19.3 Å². The van der Waals surface area contributed by atoms with Crippen LogP contribution in [0.15, 0.2) is 30.3 Å². The zero-order valence-electron chi connectivity index (χ0n) is 15.1. The van der Waals surface area contributed by atoms with Gasteiger partial charge in [0.25, 0.3) is 0 Å². The van der Waals surface area contributed by atoms with E-state index in [9.17, 15) is 18.0 Å². The maximum Gasteiger partial charge on any atom is 0.410 e. The normalized spacial score (nSPS) is 20.7. The SMILES string of the molecule is COC(=O)C1CC(N(C)S(C)(=O)=O)CN(C(=O)OCc2ccccc2)C1. The van der Waals surface area contributed by atoms with Crippen molar-refractivity contribution in [2.24, 2.45) is 5.92 Å². The molecule has 1 aromatic rings. The molecular formula is C17H24N2O6S. The van der Waals surface area contributed by atoms with Crippen LogP contribution in [0, 0.1) is 5.92 Å².